The Bertz CT molecular complexity index is 730. The van der Waals surface area contributed by atoms with Crippen molar-refractivity contribution in [2.24, 2.45) is 0 Å². The lowest BCUT2D eigenvalue weighted by molar-refractivity contribution is 0.593. The zero-order valence-electron chi connectivity index (χ0n) is 12.4. The van der Waals surface area contributed by atoms with Crippen LogP contribution < -0.4 is 5.32 Å². The molecule has 1 saturated carbocycles. The molecule has 0 radical (unpaired) electrons. The van der Waals surface area contributed by atoms with Gasteiger partial charge < -0.3 is 9.88 Å². The van der Waals surface area contributed by atoms with Gasteiger partial charge in [0.1, 0.15) is 9.84 Å². The van der Waals surface area contributed by atoms with Gasteiger partial charge in [-0.1, -0.05) is 12.1 Å². The van der Waals surface area contributed by atoms with Gasteiger partial charge in [0.2, 0.25) is 0 Å². The highest BCUT2D eigenvalue weighted by Crippen LogP contribution is 2.21. The van der Waals surface area contributed by atoms with Crippen molar-refractivity contribution in [2.45, 2.75) is 38.4 Å². The molecule has 0 bridgehead atoms. The van der Waals surface area contributed by atoms with E-state index in [2.05, 4.69) is 34.1 Å². The van der Waals surface area contributed by atoms with Gasteiger partial charge in [0.25, 0.3) is 0 Å². The maximum absolute atomic E-state index is 11.2. The molecule has 0 amide bonds. The lowest BCUT2D eigenvalue weighted by atomic mass is 10.1. The van der Waals surface area contributed by atoms with Gasteiger partial charge in [-0.25, -0.2) is 8.42 Å². The molecule has 0 unspecified atom stereocenters. The number of aromatic nitrogens is 1. The minimum Gasteiger partial charge on any atom is -0.347 e. The van der Waals surface area contributed by atoms with Crippen molar-refractivity contribution >= 4 is 20.7 Å². The number of nitrogens with zero attached hydrogens (tertiary/aromatic N) is 1. The van der Waals surface area contributed by atoms with E-state index in [1.807, 2.05) is 6.20 Å². The third-order valence-corrected chi connectivity index (χ3v) is 4.95. The van der Waals surface area contributed by atoms with Crippen molar-refractivity contribution in [1.82, 2.24) is 9.88 Å². The molecule has 4 nitrogen and oxygen atoms in total. The molecule has 0 aliphatic heterocycles. The van der Waals surface area contributed by atoms with Crippen molar-refractivity contribution < 1.29 is 8.42 Å². The molecule has 1 heterocycles. The maximum atomic E-state index is 11.2. The van der Waals surface area contributed by atoms with E-state index < -0.39 is 9.84 Å². The highest BCUT2D eigenvalue weighted by molar-refractivity contribution is 7.90. The van der Waals surface area contributed by atoms with Gasteiger partial charge in [0.15, 0.2) is 0 Å². The topological polar surface area (TPSA) is 51.1 Å². The van der Waals surface area contributed by atoms with Crippen molar-refractivity contribution in [3.8, 4) is 0 Å². The quantitative estimate of drug-likeness (QED) is 0.854. The Balaban J connectivity index is 1.70. The van der Waals surface area contributed by atoms with Crippen LogP contribution in [0.3, 0.4) is 0 Å². The first-order chi connectivity index (χ1) is 10.0. The van der Waals surface area contributed by atoms with Crippen LogP contribution in [0.25, 0.3) is 10.9 Å². The number of hydrogen-bond acceptors (Lipinski definition) is 3. The summed E-state index contributed by atoms with van der Waals surface area (Å²) in [6.45, 7) is 1.66. The summed E-state index contributed by atoms with van der Waals surface area (Å²) in [5, 5.41) is 4.74. The van der Waals surface area contributed by atoms with Gasteiger partial charge >= 0.3 is 0 Å². The summed E-state index contributed by atoms with van der Waals surface area (Å²) >= 11 is 0. The molecule has 114 valence electrons. The monoisotopic (exact) mass is 306 g/mol. The first kappa shape index (κ1) is 14.6. The normalized spacial score (nSPS) is 15.7. The highest BCUT2D eigenvalue weighted by Gasteiger charge is 2.19. The Labute approximate surface area is 126 Å². The Morgan fingerprint density at radius 1 is 1.29 bits per heavy atom. The summed E-state index contributed by atoms with van der Waals surface area (Å²) in [5.41, 5.74) is 2.48. The first-order valence-corrected chi connectivity index (χ1v) is 9.56. The number of fused-ring (bicyclic) bond motifs is 1. The average molecular weight is 306 g/mol. The number of benzene rings is 1. The van der Waals surface area contributed by atoms with Crippen molar-refractivity contribution in [2.75, 3.05) is 12.0 Å². The second-order valence-electron chi connectivity index (χ2n) is 6.04. The largest absolute Gasteiger partial charge is 0.347 e. The fourth-order valence-corrected chi connectivity index (χ4v) is 3.23. The lowest BCUT2D eigenvalue weighted by Gasteiger charge is -2.07. The SMILES string of the molecule is CS(=O)(=O)CCCn1ccc2ccc(CNC3CC3)cc21. The van der Waals surface area contributed by atoms with Crippen LogP contribution in [0.5, 0.6) is 0 Å². The van der Waals surface area contributed by atoms with Crippen molar-refractivity contribution in [3.63, 3.8) is 0 Å². The predicted octanol–water partition coefficient (Wildman–Crippen LogP) is 2.33. The molecular formula is C16H22N2O2S. The minimum atomic E-state index is -2.87. The Kier molecular flexibility index (Phi) is 4.04. The first-order valence-electron chi connectivity index (χ1n) is 7.50. The Morgan fingerprint density at radius 2 is 2.10 bits per heavy atom. The van der Waals surface area contributed by atoms with Crippen LogP contribution in [0, 0.1) is 0 Å². The van der Waals surface area contributed by atoms with E-state index in [9.17, 15) is 8.42 Å². The fraction of sp³-hybridized carbons (Fsp3) is 0.500. The van der Waals surface area contributed by atoms with E-state index >= 15 is 0 Å². The molecule has 1 fully saturated rings. The third kappa shape index (κ3) is 4.08. The van der Waals surface area contributed by atoms with Crippen LogP contribution in [-0.2, 0) is 22.9 Å². The standard InChI is InChI=1S/C16H22N2O2S/c1-21(19,20)10-2-8-18-9-7-14-4-3-13(11-16(14)18)12-17-15-5-6-15/h3-4,7,9,11,15,17H,2,5-6,8,10,12H2,1H3. The summed E-state index contributed by atoms with van der Waals surface area (Å²) < 4.78 is 24.6. The zero-order chi connectivity index (χ0) is 14.9. The summed E-state index contributed by atoms with van der Waals surface area (Å²) in [6, 6.07) is 9.33. The van der Waals surface area contributed by atoms with Crippen LogP contribution in [-0.4, -0.2) is 31.0 Å². The van der Waals surface area contributed by atoms with Gasteiger partial charge in [-0.05, 0) is 42.3 Å². The van der Waals surface area contributed by atoms with E-state index in [0.29, 0.717) is 12.5 Å². The van der Waals surface area contributed by atoms with Gasteiger partial charge in [0.05, 0.1) is 5.75 Å². The predicted molar refractivity (Wildman–Crippen MR) is 86.1 cm³/mol. The van der Waals surface area contributed by atoms with E-state index in [1.165, 1.54) is 35.6 Å². The van der Waals surface area contributed by atoms with Crippen LogP contribution in [0.2, 0.25) is 0 Å². The van der Waals surface area contributed by atoms with E-state index in [0.717, 1.165) is 13.1 Å². The third-order valence-electron chi connectivity index (χ3n) is 3.92. The summed E-state index contributed by atoms with van der Waals surface area (Å²) in [7, 11) is -2.87. The Hall–Kier alpha value is -1.33. The molecule has 1 N–H and O–H groups in total. The molecule has 1 aromatic heterocycles. The van der Waals surface area contributed by atoms with Crippen molar-refractivity contribution in [1.29, 1.82) is 0 Å². The smallest absolute Gasteiger partial charge is 0.147 e. The number of sulfone groups is 1. The van der Waals surface area contributed by atoms with Gasteiger partial charge in [-0.2, -0.15) is 0 Å². The number of hydrogen-bond donors (Lipinski definition) is 1. The van der Waals surface area contributed by atoms with Crippen molar-refractivity contribution in [3.05, 3.63) is 36.0 Å². The van der Waals surface area contributed by atoms with Gasteiger partial charge in [-0.3, -0.25) is 0 Å². The zero-order valence-corrected chi connectivity index (χ0v) is 13.2. The van der Waals surface area contributed by atoms with E-state index in [4.69, 9.17) is 0 Å². The molecule has 2 aromatic rings. The molecule has 1 aromatic carbocycles. The number of aryl methyl sites for hydroxylation is 1. The average Bonchev–Trinajstić information content (AvgIpc) is 3.17. The molecule has 0 atom stereocenters. The molecule has 1 aliphatic carbocycles. The molecule has 0 spiro atoms. The molecule has 5 heteroatoms. The van der Waals surface area contributed by atoms with Crippen LogP contribution in [0.1, 0.15) is 24.8 Å². The highest BCUT2D eigenvalue weighted by atomic mass is 32.2. The maximum Gasteiger partial charge on any atom is 0.147 e. The van der Waals surface area contributed by atoms with Crippen LogP contribution in [0.4, 0.5) is 0 Å². The van der Waals surface area contributed by atoms with Crippen LogP contribution >= 0.6 is 0 Å². The molecule has 21 heavy (non-hydrogen) atoms. The van der Waals surface area contributed by atoms with Crippen LogP contribution in [0.15, 0.2) is 30.5 Å². The minimum absolute atomic E-state index is 0.246. The van der Waals surface area contributed by atoms with E-state index in [1.54, 1.807) is 0 Å². The second kappa shape index (κ2) is 5.81. The molecular weight excluding hydrogens is 284 g/mol. The number of rotatable bonds is 7. The van der Waals surface area contributed by atoms with Gasteiger partial charge in [0, 0.05) is 37.1 Å². The summed E-state index contributed by atoms with van der Waals surface area (Å²) in [5.74, 6) is 0.246. The van der Waals surface area contributed by atoms with E-state index in [-0.39, 0.29) is 5.75 Å². The summed E-state index contributed by atoms with van der Waals surface area (Å²) in [6.07, 6.45) is 6.59. The molecule has 0 saturated heterocycles. The Morgan fingerprint density at radius 3 is 2.81 bits per heavy atom. The second-order valence-corrected chi connectivity index (χ2v) is 8.30. The van der Waals surface area contributed by atoms with Gasteiger partial charge in [-0.15, -0.1) is 0 Å². The molecule has 1 aliphatic rings. The lowest BCUT2D eigenvalue weighted by Crippen LogP contribution is -2.15. The molecule has 3 rings (SSSR count). The summed E-state index contributed by atoms with van der Waals surface area (Å²) in [4.78, 5) is 0. The number of nitrogens with one attached hydrogen (secondary N) is 1. The fourth-order valence-electron chi connectivity index (χ4n) is 2.58.